The maximum atomic E-state index is 5.56. The van der Waals surface area contributed by atoms with E-state index in [2.05, 4.69) is 86.3 Å². The molecule has 0 amide bonds. The number of hydrogen-bond donors (Lipinski definition) is 0. The lowest BCUT2D eigenvalue weighted by Crippen LogP contribution is -2.18. The molecule has 3 aromatic carbocycles. The van der Waals surface area contributed by atoms with Gasteiger partial charge in [-0.15, -0.1) is 6.58 Å². The van der Waals surface area contributed by atoms with Gasteiger partial charge in [-0.2, -0.15) is 0 Å². The van der Waals surface area contributed by atoms with Gasteiger partial charge in [0.15, 0.2) is 11.5 Å². The average Bonchev–Trinajstić information content (AvgIpc) is 3.22. The first-order chi connectivity index (χ1) is 14.2. The summed E-state index contributed by atoms with van der Waals surface area (Å²) in [5.74, 6) is 1.67. The molecule has 0 bridgehead atoms. The number of allylic oxidation sites excluding steroid dienone is 1. The molecule has 1 unspecified atom stereocenters. The Bertz CT molecular complexity index is 977. The maximum Gasteiger partial charge on any atom is 0.231 e. The second kappa shape index (κ2) is 8.57. The van der Waals surface area contributed by atoms with Crippen LogP contribution in [0.15, 0.2) is 85.5 Å². The number of ether oxygens (including phenoxy) is 2. The smallest absolute Gasteiger partial charge is 0.231 e. The standard InChI is InChI=1S/C27H28O2/c1-3-27(2,24-14-15-25-26(19-24)29-20-28-25)16-8-13-22-11-7-12-23(18-22)17-21-9-5-4-6-10-21/h3-7,9-12,14-15,18-19H,1,8,13,16-17,20H2,2H3. The van der Waals surface area contributed by atoms with Crippen LogP contribution in [0.25, 0.3) is 0 Å². The molecule has 0 saturated carbocycles. The van der Waals surface area contributed by atoms with E-state index in [1.165, 1.54) is 22.3 Å². The lowest BCUT2D eigenvalue weighted by molar-refractivity contribution is 0.174. The predicted molar refractivity (Wildman–Crippen MR) is 119 cm³/mol. The molecule has 0 fully saturated rings. The minimum Gasteiger partial charge on any atom is -0.454 e. The van der Waals surface area contributed by atoms with Gasteiger partial charge in [0.05, 0.1) is 0 Å². The van der Waals surface area contributed by atoms with Crippen LogP contribution >= 0.6 is 0 Å². The third-order valence-electron chi connectivity index (χ3n) is 5.89. The minimum absolute atomic E-state index is 0.0807. The summed E-state index contributed by atoms with van der Waals surface area (Å²) in [6, 6.07) is 25.9. The van der Waals surface area contributed by atoms with Crippen LogP contribution in [0.4, 0.5) is 0 Å². The SMILES string of the molecule is C=CC(C)(CCCc1cccc(Cc2ccccc2)c1)c1ccc2c(c1)OCO2. The van der Waals surface area contributed by atoms with Gasteiger partial charge in [0.2, 0.25) is 6.79 Å². The normalized spacial score (nSPS) is 14.4. The van der Waals surface area contributed by atoms with E-state index in [4.69, 9.17) is 9.47 Å². The highest BCUT2D eigenvalue weighted by atomic mass is 16.7. The largest absolute Gasteiger partial charge is 0.454 e. The zero-order valence-corrected chi connectivity index (χ0v) is 17.1. The molecule has 1 atom stereocenters. The van der Waals surface area contributed by atoms with Gasteiger partial charge in [-0.25, -0.2) is 0 Å². The third kappa shape index (κ3) is 4.54. The van der Waals surface area contributed by atoms with Crippen LogP contribution in [-0.2, 0) is 18.3 Å². The summed E-state index contributed by atoms with van der Waals surface area (Å²) in [6.07, 6.45) is 6.26. The zero-order valence-electron chi connectivity index (χ0n) is 17.1. The van der Waals surface area contributed by atoms with E-state index in [1.54, 1.807) is 0 Å². The number of rotatable bonds is 8. The van der Waals surface area contributed by atoms with Gasteiger partial charge in [0.25, 0.3) is 0 Å². The van der Waals surface area contributed by atoms with E-state index in [0.29, 0.717) is 6.79 Å². The van der Waals surface area contributed by atoms with Crippen LogP contribution in [0.3, 0.4) is 0 Å². The lowest BCUT2D eigenvalue weighted by atomic mass is 9.78. The van der Waals surface area contributed by atoms with Crippen LogP contribution in [-0.4, -0.2) is 6.79 Å². The topological polar surface area (TPSA) is 18.5 Å². The molecular weight excluding hydrogens is 356 g/mol. The zero-order chi connectivity index (χ0) is 20.1. The summed E-state index contributed by atoms with van der Waals surface area (Å²) in [6.45, 7) is 6.68. The summed E-state index contributed by atoms with van der Waals surface area (Å²) in [4.78, 5) is 0. The molecule has 0 aliphatic carbocycles. The van der Waals surface area contributed by atoms with Crippen molar-refractivity contribution in [1.82, 2.24) is 0 Å². The van der Waals surface area contributed by atoms with Crippen LogP contribution in [0.5, 0.6) is 11.5 Å². The second-order valence-electron chi connectivity index (χ2n) is 8.03. The first kappa shape index (κ1) is 19.3. The fourth-order valence-corrected chi connectivity index (χ4v) is 4.00. The van der Waals surface area contributed by atoms with Gasteiger partial charge < -0.3 is 9.47 Å². The van der Waals surface area contributed by atoms with Crippen molar-refractivity contribution in [2.75, 3.05) is 6.79 Å². The molecule has 0 saturated heterocycles. The van der Waals surface area contributed by atoms with Gasteiger partial charge >= 0.3 is 0 Å². The second-order valence-corrected chi connectivity index (χ2v) is 8.03. The molecular formula is C27H28O2. The fourth-order valence-electron chi connectivity index (χ4n) is 4.00. The Kier molecular flexibility index (Phi) is 5.71. The van der Waals surface area contributed by atoms with Crippen molar-refractivity contribution in [1.29, 1.82) is 0 Å². The molecule has 0 spiro atoms. The number of benzene rings is 3. The van der Waals surface area contributed by atoms with Crippen molar-refractivity contribution in [3.05, 3.63) is 108 Å². The Balaban J connectivity index is 1.39. The van der Waals surface area contributed by atoms with E-state index in [1.807, 2.05) is 6.07 Å². The van der Waals surface area contributed by atoms with Crippen molar-refractivity contribution in [2.24, 2.45) is 0 Å². The lowest BCUT2D eigenvalue weighted by Gasteiger charge is -2.27. The Labute approximate surface area is 173 Å². The van der Waals surface area contributed by atoms with E-state index >= 15 is 0 Å². The van der Waals surface area contributed by atoms with Crippen LogP contribution in [0.1, 0.15) is 42.0 Å². The minimum atomic E-state index is -0.0807. The van der Waals surface area contributed by atoms with Crippen LogP contribution < -0.4 is 9.47 Å². The molecule has 4 rings (SSSR count). The molecule has 2 heteroatoms. The van der Waals surface area contributed by atoms with E-state index in [0.717, 1.165) is 37.2 Å². The molecule has 1 heterocycles. The summed E-state index contributed by atoms with van der Waals surface area (Å²) in [7, 11) is 0. The Morgan fingerprint density at radius 1 is 0.862 bits per heavy atom. The molecule has 1 aliphatic heterocycles. The number of fused-ring (bicyclic) bond motifs is 1. The highest BCUT2D eigenvalue weighted by molar-refractivity contribution is 5.47. The number of aryl methyl sites for hydroxylation is 1. The predicted octanol–water partition coefficient (Wildman–Crippen LogP) is 6.47. The highest BCUT2D eigenvalue weighted by Gasteiger charge is 2.25. The molecule has 2 nitrogen and oxygen atoms in total. The summed E-state index contributed by atoms with van der Waals surface area (Å²) in [5.41, 5.74) is 5.27. The summed E-state index contributed by atoms with van der Waals surface area (Å²) >= 11 is 0. The Morgan fingerprint density at radius 3 is 2.45 bits per heavy atom. The molecule has 1 aliphatic rings. The molecule has 3 aromatic rings. The van der Waals surface area contributed by atoms with Crippen molar-refractivity contribution < 1.29 is 9.47 Å². The van der Waals surface area contributed by atoms with E-state index in [-0.39, 0.29) is 5.41 Å². The first-order valence-corrected chi connectivity index (χ1v) is 10.3. The van der Waals surface area contributed by atoms with Gasteiger partial charge in [0.1, 0.15) is 0 Å². The van der Waals surface area contributed by atoms with Crippen molar-refractivity contribution in [3.8, 4) is 11.5 Å². The first-order valence-electron chi connectivity index (χ1n) is 10.3. The van der Waals surface area contributed by atoms with Crippen molar-refractivity contribution >= 4 is 0 Å². The molecule has 0 radical (unpaired) electrons. The van der Waals surface area contributed by atoms with Crippen LogP contribution in [0.2, 0.25) is 0 Å². The molecule has 29 heavy (non-hydrogen) atoms. The van der Waals surface area contributed by atoms with Gasteiger partial charge in [-0.3, -0.25) is 0 Å². The Morgan fingerprint density at radius 2 is 1.62 bits per heavy atom. The quantitative estimate of drug-likeness (QED) is 0.414. The monoisotopic (exact) mass is 384 g/mol. The molecule has 0 N–H and O–H groups in total. The number of hydrogen-bond acceptors (Lipinski definition) is 2. The fraction of sp³-hybridized carbons (Fsp3) is 0.259. The van der Waals surface area contributed by atoms with E-state index < -0.39 is 0 Å². The molecule has 148 valence electrons. The summed E-state index contributed by atoms with van der Waals surface area (Å²) < 4.78 is 11.0. The highest BCUT2D eigenvalue weighted by Crippen LogP contribution is 2.39. The Hall–Kier alpha value is -3.00. The summed E-state index contributed by atoms with van der Waals surface area (Å²) in [5, 5.41) is 0. The third-order valence-corrected chi connectivity index (χ3v) is 5.89. The van der Waals surface area contributed by atoms with Crippen molar-refractivity contribution in [2.45, 2.75) is 38.0 Å². The molecule has 0 aromatic heterocycles. The maximum absolute atomic E-state index is 5.56. The van der Waals surface area contributed by atoms with Crippen molar-refractivity contribution in [3.63, 3.8) is 0 Å². The van der Waals surface area contributed by atoms with Gasteiger partial charge in [0, 0.05) is 5.41 Å². The van der Waals surface area contributed by atoms with Gasteiger partial charge in [-0.05, 0) is 60.1 Å². The van der Waals surface area contributed by atoms with Crippen LogP contribution in [0, 0.1) is 0 Å². The average molecular weight is 385 g/mol. The van der Waals surface area contributed by atoms with Gasteiger partial charge in [-0.1, -0.05) is 73.7 Å². The van der Waals surface area contributed by atoms with E-state index in [9.17, 15) is 0 Å².